The fourth-order valence-corrected chi connectivity index (χ4v) is 2.68. The van der Waals surface area contributed by atoms with Crippen LogP contribution in [0.25, 0.3) is 0 Å². The summed E-state index contributed by atoms with van der Waals surface area (Å²) in [5, 5.41) is 3.99. The summed E-state index contributed by atoms with van der Waals surface area (Å²) >= 11 is 6.16. The molecule has 100 valence electrons. The Morgan fingerprint density at radius 1 is 1.56 bits per heavy atom. The van der Waals surface area contributed by atoms with Crippen molar-refractivity contribution >= 4 is 11.6 Å². The van der Waals surface area contributed by atoms with Crippen molar-refractivity contribution < 1.29 is 9.47 Å². The van der Waals surface area contributed by atoms with Crippen LogP contribution >= 0.6 is 11.6 Å². The van der Waals surface area contributed by atoms with Crippen LogP contribution in [0.15, 0.2) is 18.2 Å². The second-order valence-corrected chi connectivity index (χ2v) is 5.01. The lowest BCUT2D eigenvalue weighted by Crippen LogP contribution is -2.22. The lowest BCUT2D eigenvalue weighted by molar-refractivity contribution is 0.0954. The van der Waals surface area contributed by atoms with Gasteiger partial charge < -0.3 is 14.8 Å². The highest BCUT2D eigenvalue weighted by molar-refractivity contribution is 6.32. The van der Waals surface area contributed by atoms with Crippen LogP contribution in [0.2, 0.25) is 5.02 Å². The zero-order chi connectivity index (χ0) is 13.0. The molecule has 0 aliphatic carbocycles. The normalized spacial score (nSPS) is 20.9. The Kier molecular flexibility index (Phi) is 4.87. The second kappa shape index (κ2) is 6.41. The molecule has 2 rings (SSSR count). The summed E-state index contributed by atoms with van der Waals surface area (Å²) in [6.07, 6.45) is 3.68. The first-order chi connectivity index (χ1) is 8.74. The van der Waals surface area contributed by atoms with Crippen LogP contribution in [0, 0.1) is 0 Å². The van der Waals surface area contributed by atoms with Crippen molar-refractivity contribution in [3.8, 4) is 5.75 Å². The Hall–Kier alpha value is -0.770. The van der Waals surface area contributed by atoms with Crippen LogP contribution in [0.1, 0.15) is 30.9 Å². The van der Waals surface area contributed by atoms with E-state index in [1.54, 1.807) is 7.11 Å². The molecule has 0 amide bonds. The van der Waals surface area contributed by atoms with Crippen LogP contribution in [0.5, 0.6) is 5.75 Å². The molecule has 1 aliphatic heterocycles. The van der Waals surface area contributed by atoms with E-state index in [1.165, 1.54) is 12.0 Å². The summed E-state index contributed by atoms with van der Waals surface area (Å²) in [5.74, 6) is 0.715. The highest BCUT2D eigenvalue weighted by Gasteiger charge is 2.21. The molecule has 2 atom stereocenters. The van der Waals surface area contributed by atoms with Crippen LogP contribution in [0.3, 0.4) is 0 Å². The number of hydrogen-bond donors (Lipinski definition) is 1. The van der Waals surface area contributed by atoms with Gasteiger partial charge in [-0.25, -0.2) is 0 Å². The van der Waals surface area contributed by atoms with Gasteiger partial charge in [-0.05, 0) is 44.0 Å². The summed E-state index contributed by atoms with van der Waals surface area (Å²) in [7, 11) is 3.60. The lowest BCUT2D eigenvalue weighted by atomic mass is 9.99. The van der Waals surface area contributed by atoms with Gasteiger partial charge in [-0.15, -0.1) is 0 Å². The maximum absolute atomic E-state index is 6.16. The molecule has 0 saturated carbocycles. The summed E-state index contributed by atoms with van der Waals surface area (Å²) in [6.45, 7) is 0.893. The number of methoxy groups -OCH3 is 1. The van der Waals surface area contributed by atoms with Gasteiger partial charge in [-0.2, -0.15) is 0 Å². The standard InChI is InChI=1S/C14H20ClNO2/c1-16-13(9-11-4-3-7-18-11)10-5-6-14(17-2)12(15)8-10/h5-6,8,11,13,16H,3-4,7,9H2,1-2H3. The van der Waals surface area contributed by atoms with Crippen LogP contribution in [-0.4, -0.2) is 26.9 Å². The van der Waals surface area contributed by atoms with Gasteiger partial charge in [-0.1, -0.05) is 17.7 Å². The number of benzene rings is 1. The van der Waals surface area contributed by atoms with Gasteiger partial charge in [0, 0.05) is 12.6 Å². The van der Waals surface area contributed by atoms with Crippen LogP contribution in [-0.2, 0) is 4.74 Å². The molecule has 1 aliphatic rings. The highest BCUT2D eigenvalue weighted by atomic mass is 35.5. The molecule has 1 fully saturated rings. The number of nitrogens with one attached hydrogen (secondary N) is 1. The van der Waals surface area contributed by atoms with Crippen molar-refractivity contribution in [2.45, 2.75) is 31.4 Å². The quantitative estimate of drug-likeness (QED) is 0.891. The van der Waals surface area contributed by atoms with Crippen LogP contribution < -0.4 is 10.1 Å². The van der Waals surface area contributed by atoms with Crippen molar-refractivity contribution in [1.82, 2.24) is 5.32 Å². The number of ether oxygens (including phenoxy) is 2. The molecule has 4 heteroatoms. The average Bonchev–Trinajstić information content (AvgIpc) is 2.88. The molecule has 0 spiro atoms. The maximum Gasteiger partial charge on any atom is 0.137 e. The molecule has 0 radical (unpaired) electrons. The SMILES string of the molecule is CNC(CC1CCCO1)c1ccc(OC)c(Cl)c1. The van der Waals surface area contributed by atoms with E-state index in [2.05, 4.69) is 11.4 Å². The summed E-state index contributed by atoms with van der Waals surface area (Å²) in [6, 6.07) is 6.21. The third-order valence-electron chi connectivity index (χ3n) is 3.45. The summed E-state index contributed by atoms with van der Waals surface area (Å²) in [5.41, 5.74) is 1.18. The molecule has 2 unspecified atom stereocenters. The van der Waals surface area contributed by atoms with E-state index in [9.17, 15) is 0 Å². The van der Waals surface area contributed by atoms with E-state index in [4.69, 9.17) is 21.1 Å². The minimum atomic E-state index is 0.275. The second-order valence-electron chi connectivity index (χ2n) is 4.61. The summed E-state index contributed by atoms with van der Waals surface area (Å²) in [4.78, 5) is 0. The van der Waals surface area contributed by atoms with E-state index in [0.717, 1.165) is 19.4 Å². The molecule has 18 heavy (non-hydrogen) atoms. The van der Waals surface area contributed by atoms with Gasteiger partial charge in [0.05, 0.1) is 18.2 Å². The highest BCUT2D eigenvalue weighted by Crippen LogP contribution is 2.30. The Morgan fingerprint density at radius 3 is 2.94 bits per heavy atom. The van der Waals surface area contributed by atoms with E-state index in [0.29, 0.717) is 16.9 Å². The van der Waals surface area contributed by atoms with Gasteiger partial charge in [0.2, 0.25) is 0 Å². The Morgan fingerprint density at radius 2 is 2.39 bits per heavy atom. The topological polar surface area (TPSA) is 30.5 Å². The van der Waals surface area contributed by atoms with Gasteiger partial charge in [0.1, 0.15) is 5.75 Å². The van der Waals surface area contributed by atoms with Crippen molar-refractivity contribution in [2.75, 3.05) is 20.8 Å². The maximum atomic E-state index is 6.16. The van der Waals surface area contributed by atoms with Crippen molar-refractivity contribution in [1.29, 1.82) is 0 Å². The van der Waals surface area contributed by atoms with Crippen molar-refractivity contribution in [3.63, 3.8) is 0 Å². The van der Waals surface area contributed by atoms with Crippen molar-refractivity contribution in [3.05, 3.63) is 28.8 Å². The minimum absolute atomic E-state index is 0.275. The van der Waals surface area contributed by atoms with Gasteiger partial charge in [0.15, 0.2) is 0 Å². The minimum Gasteiger partial charge on any atom is -0.495 e. The first-order valence-corrected chi connectivity index (χ1v) is 6.74. The third-order valence-corrected chi connectivity index (χ3v) is 3.74. The fraction of sp³-hybridized carbons (Fsp3) is 0.571. The summed E-state index contributed by atoms with van der Waals surface area (Å²) < 4.78 is 10.9. The Bertz CT molecular complexity index is 391. The number of halogens is 1. The molecule has 0 aromatic heterocycles. The molecule has 1 saturated heterocycles. The van der Waals surface area contributed by atoms with E-state index in [-0.39, 0.29) is 6.04 Å². The molecule has 1 aromatic carbocycles. The molecule has 1 heterocycles. The zero-order valence-electron chi connectivity index (χ0n) is 10.9. The molecule has 1 N–H and O–H groups in total. The first-order valence-electron chi connectivity index (χ1n) is 6.37. The monoisotopic (exact) mass is 269 g/mol. The van der Waals surface area contributed by atoms with Gasteiger partial charge >= 0.3 is 0 Å². The average molecular weight is 270 g/mol. The number of rotatable bonds is 5. The van der Waals surface area contributed by atoms with Crippen molar-refractivity contribution in [2.24, 2.45) is 0 Å². The van der Waals surface area contributed by atoms with E-state index >= 15 is 0 Å². The van der Waals surface area contributed by atoms with E-state index in [1.807, 2.05) is 19.2 Å². The predicted octanol–water partition coefficient (Wildman–Crippen LogP) is 3.18. The molecule has 3 nitrogen and oxygen atoms in total. The Balaban J connectivity index is 2.08. The predicted molar refractivity (Wildman–Crippen MR) is 73.4 cm³/mol. The van der Waals surface area contributed by atoms with Gasteiger partial charge in [0.25, 0.3) is 0 Å². The largest absolute Gasteiger partial charge is 0.495 e. The molecule has 0 bridgehead atoms. The Labute approximate surface area is 113 Å². The molecule has 1 aromatic rings. The van der Waals surface area contributed by atoms with Gasteiger partial charge in [-0.3, -0.25) is 0 Å². The lowest BCUT2D eigenvalue weighted by Gasteiger charge is -2.21. The van der Waals surface area contributed by atoms with E-state index < -0.39 is 0 Å². The fourth-order valence-electron chi connectivity index (χ4n) is 2.41. The smallest absolute Gasteiger partial charge is 0.137 e. The third kappa shape index (κ3) is 3.16. The van der Waals surface area contributed by atoms with Crippen LogP contribution in [0.4, 0.5) is 0 Å². The number of hydrogen-bond acceptors (Lipinski definition) is 3. The molecular weight excluding hydrogens is 250 g/mol. The first kappa shape index (κ1) is 13.7. The molecular formula is C14H20ClNO2. The zero-order valence-corrected chi connectivity index (χ0v) is 11.7.